The molecule has 0 saturated carbocycles. The van der Waals surface area contributed by atoms with E-state index in [0.29, 0.717) is 0 Å². The van der Waals surface area contributed by atoms with E-state index in [1.807, 2.05) is 27.7 Å². The van der Waals surface area contributed by atoms with Crippen molar-refractivity contribution in [2.45, 2.75) is 38.1 Å². The van der Waals surface area contributed by atoms with Gasteiger partial charge in [0.05, 0.1) is 15.5 Å². The number of aryl methyl sites for hydroxylation is 1. The van der Waals surface area contributed by atoms with Crippen LogP contribution in [0.25, 0.3) is 0 Å². The fraction of sp³-hybridized carbons (Fsp3) is 0.278. The highest BCUT2D eigenvalue weighted by molar-refractivity contribution is 7.92. The molecule has 7 heteroatoms. The number of halogens is 1. The van der Waals surface area contributed by atoms with Crippen molar-refractivity contribution in [1.29, 1.82) is 0 Å². The second-order valence-corrected chi connectivity index (χ2v) is 8.91. The molecule has 2 N–H and O–H groups in total. The zero-order valence-electron chi connectivity index (χ0n) is 14.6. The van der Waals surface area contributed by atoms with Gasteiger partial charge in [-0.3, -0.25) is 9.52 Å². The van der Waals surface area contributed by atoms with Crippen molar-refractivity contribution in [3.05, 3.63) is 58.6 Å². The van der Waals surface area contributed by atoms with Crippen LogP contribution in [0.15, 0.2) is 47.4 Å². The van der Waals surface area contributed by atoms with E-state index < -0.39 is 15.6 Å². The van der Waals surface area contributed by atoms with Crippen molar-refractivity contribution >= 4 is 33.2 Å². The Balaban J connectivity index is 2.30. The molecule has 0 heterocycles. The topological polar surface area (TPSA) is 75.3 Å². The fourth-order valence-electron chi connectivity index (χ4n) is 2.10. The predicted octanol–water partition coefficient (Wildman–Crippen LogP) is 3.98. The van der Waals surface area contributed by atoms with Gasteiger partial charge in [0.2, 0.25) is 0 Å². The second kappa shape index (κ2) is 7.06. The van der Waals surface area contributed by atoms with Gasteiger partial charge in [-0.15, -0.1) is 0 Å². The first-order valence-electron chi connectivity index (χ1n) is 7.69. The maximum Gasteiger partial charge on any atom is 0.261 e. The zero-order valence-corrected chi connectivity index (χ0v) is 16.1. The number of carbonyl (C=O) groups excluding carboxylic acids is 1. The largest absolute Gasteiger partial charge is 0.347 e. The lowest BCUT2D eigenvalue weighted by Gasteiger charge is -2.21. The quantitative estimate of drug-likeness (QED) is 0.842. The lowest BCUT2D eigenvalue weighted by molar-refractivity contribution is 0.0919. The van der Waals surface area contributed by atoms with Crippen LogP contribution in [0.5, 0.6) is 0 Å². The number of rotatable bonds is 4. The Morgan fingerprint density at radius 3 is 2.20 bits per heavy atom. The first-order chi connectivity index (χ1) is 11.5. The summed E-state index contributed by atoms with van der Waals surface area (Å²) in [6.45, 7) is 7.43. The van der Waals surface area contributed by atoms with Gasteiger partial charge in [-0.1, -0.05) is 29.3 Å². The van der Waals surface area contributed by atoms with Crippen molar-refractivity contribution in [3.63, 3.8) is 0 Å². The Labute approximate surface area is 153 Å². The van der Waals surface area contributed by atoms with Crippen molar-refractivity contribution in [3.8, 4) is 0 Å². The van der Waals surface area contributed by atoms with Crippen molar-refractivity contribution in [2.75, 3.05) is 4.72 Å². The van der Waals surface area contributed by atoms with Crippen LogP contribution in [-0.2, 0) is 10.0 Å². The highest BCUT2D eigenvalue weighted by atomic mass is 35.5. The number of benzene rings is 2. The van der Waals surface area contributed by atoms with E-state index >= 15 is 0 Å². The molecule has 134 valence electrons. The Morgan fingerprint density at radius 2 is 1.64 bits per heavy atom. The molecule has 0 saturated heterocycles. The maximum absolute atomic E-state index is 12.5. The summed E-state index contributed by atoms with van der Waals surface area (Å²) in [6, 6.07) is 10.9. The van der Waals surface area contributed by atoms with Gasteiger partial charge in [-0.2, -0.15) is 0 Å². The summed E-state index contributed by atoms with van der Waals surface area (Å²) in [5, 5.41) is 3.05. The van der Waals surface area contributed by atoms with Crippen LogP contribution in [0.1, 0.15) is 36.7 Å². The number of sulfonamides is 1. The van der Waals surface area contributed by atoms with E-state index in [0.717, 1.165) is 5.56 Å². The van der Waals surface area contributed by atoms with E-state index in [1.165, 1.54) is 30.3 Å². The highest BCUT2D eigenvalue weighted by Gasteiger charge is 2.19. The Hall–Kier alpha value is -2.05. The van der Waals surface area contributed by atoms with Crippen LogP contribution in [0.3, 0.4) is 0 Å². The SMILES string of the molecule is Cc1ccc(S(=O)(=O)Nc2ccc(Cl)c(C(=O)NC(C)(C)C)c2)cc1. The lowest BCUT2D eigenvalue weighted by atomic mass is 10.1. The maximum atomic E-state index is 12.5. The molecule has 0 fully saturated rings. The van der Waals surface area contributed by atoms with Crippen LogP contribution in [0.2, 0.25) is 5.02 Å². The average Bonchev–Trinajstić information content (AvgIpc) is 2.47. The minimum atomic E-state index is -3.75. The molecule has 0 atom stereocenters. The van der Waals surface area contributed by atoms with Gasteiger partial charge in [0.25, 0.3) is 15.9 Å². The summed E-state index contributed by atoms with van der Waals surface area (Å²) < 4.78 is 27.4. The van der Waals surface area contributed by atoms with E-state index in [4.69, 9.17) is 11.6 Å². The summed E-state index contributed by atoms with van der Waals surface area (Å²) in [5.74, 6) is -0.367. The number of hydrogen-bond acceptors (Lipinski definition) is 3. The van der Waals surface area contributed by atoms with Gasteiger partial charge in [0.1, 0.15) is 0 Å². The summed E-state index contributed by atoms with van der Waals surface area (Å²) in [6.07, 6.45) is 0. The number of carbonyl (C=O) groups is 1. The fourth-order valence-corrected chi connectivity index (χ4v) is 3.36. The van der Waals surface area contributed by atoms with Gasteiger partial charge in [0.15, 0.2) is 0 Å². The Bertz CT molecular complexity index is 886. The first-order valence-corrected chi connectivity index (χ1v) is 9.56. The number of hydrogen-bond donors (Lipinski definition) is 2. The molecule has 0 bridgehead atoms. The summed E-state index contributed by atoms with van der Waals surface area (Å²) in [7, 11) is -3.75. The molecule has 0 aromatic heterocycles. The summed E-state index contributed by atoms with van der Waals surface area (Å²) in [5.41, 5.74) is 1.01. The summed E-state index contributed by atoms with van der Waals surface area (Å²) in [4.78, 5) is 12.5. The van der Waals surface area contributed by atoms with E-state index in [1.54, 1.807) is 12.1 Å². The molecule has 2 aromatic carbocycles. The van der Waals surface area contributed by atoms with E-state index in [2.05, 4.69) is 10.0 Å². The monoisotopic (exact) mass is 380 g/mol. The smallest absolute Gasteiger partial charge is 0.261 e. The minimum Gasteiger partial charge on any atom is -0.347 e. The third-order valence-corrected chi connectivity index (χ3v) is 5.01. The minimum absolute atomic E-state index is 0.147. The third kappa shape index (κ3) is 5.21. The second-order valence-electron chi connectivity index (χ2n) is 6.82. The molecule has 2 aromatic rings. The molecule has 0 unspecified atom stereocenters. The lowest BCUT2D eigenvalue weighted by Crippen LogP contribution is -2.40. The standard InChI is InChI=1S/C18H21ClN2O3S/c1-12-5-8-14(9-6-12)25(23,24)21-13-7-10-16(19)15(11-13)17(22)20-18(2,3)4/h5-11,21H,1-4H3,(H,20,22). The molecule has 0 aliphatic rings. The highest BCUT2D eigenvalue weighted by Crippen LogP contribution is 2.23. The first kappa shape index (κ1) is 19.3. The van der Waals surface area contributed by atoms with Crippen LogP contribution in [-0.4, -0.2) is 19.9 Å². The van der Waals surface area contributed by atoms with Crippen molar-refractivity contribution in [2.24, 2.45) is 0 Å². The van der Waals surface area contributed by atoms with Gasteiger partial charge >= 0.3 is 0 Å². The molecule has 0 aliphatic carbocycles. The van der Waals surface area contributed by atoms with Crippen LogP contribution in [0, 0.1) is 6.92 Å². The number of nitrogens with one attached hydrogen (secondary N) is 2. The zero-order chi connectivity index (χ0) is 18.8. The molecule has 1 amide bonds. The van der Waals surface area contributed by atoms with E-state index in [9.17, 15) is 13.2 Å². The molecule has 0 spiro atoms. The third-order valence-electron chi connectivity index (χ3n) is 3.28. The molecule has 2 rings (SSSR count). The molecule has 25 heavy (non-hydrogen) atoms. The summed E-state index contributed by atoms with van der Waals surface area (Å²) >= 11 is 6.09. The molecule has 0 aliphatic heterocycles. The molecular formula is C18H21ClN2O3S. The Morgan fingerprint density at radius 1 is 1.04 bits per heavy atom. The van der Waals surface area contributed by atoms with Crippen LogP contribution < -0.4 is 10.0 Å². The average molecular weight is 381 g/mol. The van der Waals surface area contributed by atoms with E-state index in [-0.39, 0.29) is 27.1 Å². The number of anilines is 1. The van der Waals surface area contributed by atoms with Gasteiger partial charge < -0.3 is 5.32 Å². The van der Waals surface area contributed by atoms with Crippen molar-refractivity contribution in [1.82, 2.24) is 5.32 Å². The van der Waals surface area contributed by atoms with Crippen LogP contribution >= 0.6 is 11.6 Å². The van der Waals surface area contributed by atoms with Gasteiger partial charge in [-0.25, -0.2) is 8.42 Å². The Kier molecular flexibility index (Phi) is 5.44. The number of amides is 1. The van der Waals surface area contributed by atoms with Gasteiger partial charge in [-0.05, 0) is 58.0 Å². The molecule has 5 nitrogen and oxygen atoms in total. The molecular weight excluding hydrogens is 360 g/mol. The van der Waals surface area contributed by atoms with Crippen molar-refractivity contribution < 1.29 is 13.2 Å². The predicted molar refractivity (Wildman–Crippen MR) is 101 cm³/mol. The molecule has 0 radical (unpaired) electrons. The van der Waals surface area contributed by atoms with Crippen LogP contribution in [0.4, 0.5) is 5.69 Å². The normalized spacial score (nSPS) is 11.9. The van der Waals surface area contributed by atoms with Gasteiger partial charge in [0, 0.05) is 11.2 Å².